The van der Waals surface area contributed by atoms with Gasteiger partial charge in [-0.05, 0) is 6.08 Å². The average molecular weight is 287 g/mol. The van der Waals surface area contributed by atoms with Crippen molar-refractivity contribution >= 4 is 17.7 Å². The molecule has 0 saturated heterocycles. The van der Waals surface area contributed by atoms with Gasteiger partial charge < -0.3 is 10.5 Å². The number of amides is 1. The van der Waals surface area contributed by atoms with E-state index >= 15 is 0 Å². The molecule has 0 atom stereocenters. The first-order valence-electron chi connectivity index (χ1n) is 6.51. The largest absolute Gasteiger partial charge is 0.445 e. The van der Waals surface area contributed by atoms with Crippen molar-refractivity contribution in [1.82, 2.24) is 0 Å². The van der Waals surface area contributed by atoms with Gasteiger partial charge in [0.15, 0.2) is 0 Å². The Morgan fingerprint density at radius 3 is 1.90 bits per heavy atom. The second-order valence-corrected chi connectivity index (χ2v) is 5.15. The molecular formula is C14H22FNO4. The number of hydrogen-bond acceptors (Lipinski definition) is 4. The van der Waals surface area contributed by atoms with Crippen molar-refractivity contribution < 1.29 is 23.5 Å². The Labute approximate surface area is 118 Å². The molecule has 6 heteroatoms. The maximum absolute atomic E-state index is 13.7. The van der Waals surface area contributed by atoms with Crippen molar-refractivity contribution in [2.75, 3.05) is 6.61 Å². The third-order valence-corrected chi connectivity index (χ3v) is 2.75. The highest BCUT2D eigenvalue weighted by Gasteiger charge is 2.30. The maximum atomic E-state index is 13.7. The van der Waals surface area contributed by atoms with Crippen molar-refractivity contribution in [3.8, 4) is 0 Å². The number of carbonyl (C=O) groups excluding carboxylic acids is 3. The number of allylic oxidation sites excluding steroid dienone is 1. The topological polar surface area (TPSA) is 86.5 Å². The van der Waals surface area contributed by atoms with E-state index in [4.69, 9.17) is 5.73 Å². The minimum atomic E-state index is -1.01. The molecule has 5 nitrogen and oxygen atoms in total. The van der Waals surface area contributed by atoms with Crippen LogP contribution in [0.4, 0.5) is 9.18 Å². The van der Waals surface area contributed by atoms with Gasteiger partial charge in [0.1, 0.15) is 24.0 Å². The van der Waals surface area contributed by atoms with Crippen LogP contribution in [-0.2, 0) is 14.3 Å². The molecule has 0 unspecified atom stereocenters. The first-order chi connectivity index (χ1) is 9.16. The quantitative estimate of drug-likeness (QED) is 0.694. The van der Waals surface area contributed by atoms with E-state index in [1.807, 2.05) is 0 Å². The molecule has 0 radical (unpaired) electrons. The standard InChI is InChI=1S/C14H22FNO4/c1-8(2)12(17)11(13(18)9(3)4)7-10(15)5-6-20-14(16)19/h5,8-9,11H,6-7H2,1-4H3,(H2,16,19). The summed E-state index contributed by atoms with van der Waals surface area (Å²) in [5, 5.41) is 0. The van der Waals surface area contributed by atoms with Crippen molar-refractivity contribution in [1.29, 1.82) is 0 Å². The minimum Gasteiger partial charge on any atom is -0.445 e. The Bertz CT molecular complexity index is 382. The highest BCUT2D eigenvalue weighted by atomic mass is 19.1. The van der Waals surface area contributed by atoms with Gasteiger partial charge in [0.2, 0.25) is 0 Å². The number of halogens is 1. The Hall–Kier alpha value is -1.72. The SMILES string of the molecule is CC(C)C(=O)C(CC(F)=CCOC(N)=O)C(=O)C(C)C. The predicted molar refractivity (Wildman–Crippen MR) is 72.5 cm³/mol. The van der Waals surface area contributed by atoms with Crippen LogP contribution in [0.2, 0.25) is 0 Å². The molecule has 0 aliphatic carbocycles. The number of rotatable bonds is 8. The monoisotopic (exact) mass is 287 g/mol. The van der Waals surface area contributed by atoms with E-state index in [-0.39, 0.29) is 36.4 Å². The zero-order chi connectivity index (χ0) is 15.9. The van der Waals surface area contributed by atoms with Crippen LogP contribution in [0.25, 0.3) is 0 Å². The summed E-state index contributed by atoms with van der Waals surface area (Å²) < 4.78 is 18.0. The molecule has 114 valence electrons. The summed E-state index contributed by atoms with van der Waals surface area (Å²) >= 11 is 0. The first kappa shape index (κ1) is 18.3. The first-order valence-corrected chi connectivity index (χ1v) is 6.51. The molecule has 0 heterocycles. The van der Waals surface area contributed by atoms with E-state index in [0.29, 0.717) is 0 Å². The number of hydrogen-bond donors (Lipinski definition) is 1. The fraction of sp³-hybridized carbons (Fsp3) is 0.643. The van der Waals surface area contributed by atoms with Gasteiger partial charge in [-0.3, -0.25) is 9.59 Å². The van der Waals surface area contributed by atoms with Crippen LogP contribution in [0.1, 0.15) is 34.1 Å². The molecule has 0 aromatic heterocycles. The zero-order valence-electron chi connectivity index (χ0n) is 12.3. The van der Waals surface area contributed by atoms with Crippen LogP contribution >= 0.6 is 0 Å². The van der Waals surface area contributed by atoms with Gasteiger partial charge in [0, 0.05) is 18.3 Å². The number of ether oxygens (including phenoxy) is 1. The van der Waals surface area contributed by atoms with Crippen LogP contribution in [0.3, 0.4) is 0 Å². The Morgan fingerprint density at radius 2 is 1.55 bits per heavy atom. The second kappa shape index (κ2) is 8.45. The summed E-state index contributed by atoms with van der Waals surface area (Å²) in [6.45, 7) is 6.35. The van der Waals surface area contributed by atoms with Crippen molar-refractivity contribution in [2.45, 2.75) is 34.1 Å². The highest BCUT2D eigenvalue weighted by Crippen LogP contribution is 2.21. The summed E-state index contributed by atoms with van der Waals surface area (Å²) in [6, 6.07) is 0. The van der Waals surface area contributed by atoms with Crippen LogP contribution in [0, 0.1) is 17.8 Å². The predicted octanol–water partition coefficient (Wildman–Crippen LogP) is 2.39. The van der Waals surface area contributed by atoms with Crippen molar-refractivity contribution in [3.63, 3.8) is 0 Å². The fourth-order valence-electron chi connectivity index (χ4n) is 1.64. The number of carbonyl (C=O) groups is 3. The summed E-state index contributed by atoms with van der Waals surface area (Å²) in [6.07, 6.45) is -0.322. The van der Waals surface area contributed by atoms with Gasteiger partial charge in [-0.15, -0.1) is 0 Å². The number of ketones is 2. The lowest BCUT2D eigenvalue weighted by atomic mass is 9.84. The van der Waals surface area contributed by atoms with Gasteiger partial charge in [-0.1, -0.05) is 27.7 Å². The van der Waals surface area contributed by atoms with Crippen LogP contribution < -0.4 is 5.73 Å². The zero-order valence-corrected chi connectivity index (χ0v) is 12.3. The molecule has 20 heavy (non-hydrogen) atoms. The van der Waals surface area contributed by atoms with E-state index in [1.165, 1.54) is 0 Å². The maximum Gasteiger partial charge on any atom is 0.404 e. The lowest BCUT2D eigenvalue weighted by Gasteiger charge is -2.18. The molecule has 0 aromatic rings. The molecule has 0 saturated carbocycles. The van der Waals surface area contributed by atoms with Crippen LogP contribution in [0.15, 0.2) is 11.9 Å². The minimum absolute atomic E-state index is 0.289. The summed E-state index contributed by atoms with van der Waals surface area (Å²) in [7, 11) is 0. The molecule has 0 rings (SSSR count). The summed E-state index contributed by atoms with van der Waals surface area (Å²) in [5.74, 6) is -2.94. The Balaban J connectivity index is 4.85. The Kier molecular flexibility index (Phi) is 7.72. The van der Waals surface area contributed by atoms with Gasteiger partial charge in [0.25, 0.3) is 0 Å². The third-order valence-electron chi connectivity index (χ3n) is 2.75. The summed E-state index contributed by atoms with van der Waals surface area (Å²) in [4.78, 5) is 34.3. The fourth-order valence-corrected chi connectivity index (χ4v) is 1.64. The van der Waals surface area contributed by atoms with Crippen LogP contribution in [0.5, 0.6) is 0 Å². The molecule has 0 spiro atoms. The van der Waals surface area contributed by atoms with E-state index in [1.54, 1.807) is 27.7 Å². The van der Waals surface area contributed by atoms with Gasteiger partial charge in [-0.25, -0.2) is 9.18 Å². The van der Waals surface area contributed by atoms with E-state index in [2.05, 4.69) is 4.74 Å². The van der Waals surface area contributed by atoms with E-state index < -0.39 is 17.8 Å². The van der Waals surface area contributed by atoms with Crippen molar-refractivity contribution in [2.24, 2.45) is 23.5 Å². The molecule has 0 aromatic carbocycles. The van der Waals surface area contributed by atoms with Gasteiger partial charge in [0.05, 0.1) is 5.92 Å². The average Bonchev–Trinajstić information content (AvgIpc) is 2.33. The van der Waals surface area contributed by atoms with Gasteiger partial charge >= 0.3 is 6.09 Å². The third kappa shape index (κ3) is 6.45. The van der Waals surface area contributed by atoms with Crippen LogP contribution in [-0.4, -0.2) is 24.3 Å². The van der Waals surface area contributed by atoms with E-state index in [9.17, 15) is 18.8 Å². The highest BCUT2D eigenvalue weighted by molar-refractivity contribution is 6.04. The van der Waals surface area contributed by atoms with Crippen molar-refractivity contribution in [3.05, 3.63) is 11.9 Å². The number of Topliss-reactive ketones (excluding diaryl/α,β-unsaturated/α-hetero) is 2. The second-order valence-electron chi connectivity index (χ2n) is 5.15. The molecule has 2 N–H and O–H groups in total. The van der Waals surface area contributed by atoms with E-state index in [0.717, 1.165) is 6.08 Å². The molecule has 0 aliphatic heterocycles. The molecule has 0 fully saturated rings. The lowest BCUT2D eigenvalue weighted by molar-refractivity contribution is -0.136. The normalized spacial score (nSPS) is 12.1. The molecule has 0 aliphatic rings. The molecule has 1 amide bonds. The Morgan fingerprint density at radius 1 is 1.10 bits per heavy atom. The van der Waals surface area contributed by atoms with Gasteiger partial charge in [-0.2, -0.15) is 0 Å². The smallest absolute Gasteiger partial charge is 0.404 e. The summed E-state index contributed by atoms with van der Waals surface area (Å²) in [5.41, 5.74) is 4.73. The number of primary amides is 1. The number of nitrogens with two attached hydrogens (primary N) is 1. The lowest BCUT2D eigenvalue weighted by Crippen LogP contribution is -2.30. The molecule has 0 bridgehead atoms. The molecular weight excluding hydrogens is 265 g/mol.